The molecule has 0 unspecified atom stereocenters. The Morgan fingerprint density at radius 3 is 2.60 bits per heavy atom. The molecule has 2 aromatic heterocycles. The second kappa shape index (κ2) is 11.1. The fraction of sp³-hybridized carbons (Fsp3) is 0.385. The number of nitrogens with zero attached hydrogens (tertiary/aromatic N) is 6. The van der Waals surface area contributed by atoms with Crippen molar-refractivity contribution in [1.29, 1.82) is 0 Å². The van der Waals surface area contributed by atoms with E-state index in [9.17, 15) is 22.4 Å². The number of hydrogen-bond donors (Lipinski definition) is 1. The number of carbonyl (C=O) groups is 1. The minimum Gasteiger partial charge on any atom is -0.461 e. The highest BCUT2D eigenvalue weighted by molar-refractivity contribution is 6.10. The van der Waals surface area contributed by atoms with Gasteiger partial charge in [0.2, 0.25) is 5.95 Å². The van der Waals surface area contributed by atoms with E-state index in [2.05, 4.69) is 34.9 Å². The third-order valence-electron chi connectivity index (χ3n) is 6.53. The second-order valence-electron chi connectivity index (χ2n) is 9.22. The normalized spacial score (nSPS) is 14.6. The minimum atomic E-state index is -4.91. The van der Waals surface area contributed by atoms with Gasteiger partial charge in [0.15, 0.2) is 11.4 Å². The summed E-state index contributed by atoms with van der Waals surface area (Å²) in [5.41, 5.74) is 1.46. The Bertz CT molecular complexity index is 1530. The lowest BCUT2D eigenvalue weighted by molar-refractivity contribution is -0.274. The number of aryl methyl sites for hydroxylation is 1. The van der Waals surface area contributed by atoms with Crippen LogP contribution in [0.25, 0.3) is 21.8 Å². The predicted molar refractivity (Wildman–Crippen MR) is 141 cm³/mol. The molecule has 40 heavy (non-hydrogen) atoms. The number of likely N-dealkylation sites (N-methyl/N-ethyl adjacent to an activating group) is 1. The van der Waals surface area contributed by atoms with Crippen LogP contribution in [0, 0.1) is 0 Å². The Labute approximate surface area is 226 Å². The van der Waals surface area contributed by atoms with E-state index in [1.165, 1.54) is 16.9 Å². The van der Waals surface area contributed by atoms with Crippen molar-refractivity contribution in [2.45, 2.75) is 19.8 Å². The topological polar surface area (TPSA) is 97.6 Å². The molecule has 0 aliphatic carbocycles. The van der Waals surface area contributed by atoms with Crippen molar-refractivity contribution in [3.63, 3.8) is 0 Å². The van der Waals surface area contributed by atoms with E-state index in [4.69, 9.17) is 4.74 Å². The monoisotopic (exact) mass is 561 g/mol. The van der Waals surface area contributed by atoms with Crippen LogP contribution in [0.4, 0.5) is 34.9 Å². The van der Waals surface area contributed by atoms with Gasteiger partial charge in [0, 0.05) is 48.8 Å². The molecule has 1 aliphatic rings. The molecular weight excluding hydrogens is 534 g/mol. The maximum Gasteiger partial charge on any atom is 0.573 e. The first-order valence-electron chi connectivity index (χ1n) is 12.7. The number of ether oxygens (including phenoxy) is 2. The molecule has 5 rings (SSSR count). The van der Waals surface area contributed by atoms with Crippen LogP contribution in [-0.2, 0) is 11.3 Å². The number of benzene rings is 2. The summed E-state index contributed by atoms with van der Waals surface area (Å²) in [5.74, 6) is -1.13. The number of aromatic nitrogens is 4. The van der Waals surface area contributed by atoms with Gasteiger partial charge >= 0.3 is 12.3 Å². The van der Waals surface area contributed by atoms with E-state index in [0.717, 1.165) is 13.1 Å². The molecular formula is C26H27F4N7O3. The molecule has 10 nitrogen and oxygen atoms in total. The summed E-state index contributed by atoms with van der Waals surface area (Å²) < 4.78 is 63.7. The molecule has 14 heteroatoms. The van der Waals surface area contributed by atoms with Crippen LogP contribution in [0.3, 0.4) is 0 Å². The third kappa shape index (κ3) is 5.71. The molecule has 1 saturated heterocycles. The van der Waals surface area contributed by atoms with Gasteiger partial charge in [-0.25, -0.2) is 19.2 Å². The number of nitrogens with one attached hydrogen (secondary N) is 1. The van der Waals surface area contributed by atoms with Crippen LogP contribution in [-0.4, -0.2) is 83.5 Å². The lowest BCUT2D eigenvalue weighted by Gasteiger charge is -2.34. The van der Waals surface area contributed by atoms with Crippen LogP contribution >= 0.6 is 0 Å². The summed E-state index contributed by atoms with van der Waals surface area (Å²) in [4.78, 5) is 25.5. The zero-order valence-electron chi connectivity index (χ0n) is 21.8. The number of rotatable bonds is 8. The summed E-state index contributed by atoms with van der Waals surface area (Å²) >= 11 is 0. The fourth-order valence-corrected chi connectivity index (χ4v) is 4.62. The van der Waals surface area contributed by atoms with Crippen molar-refractivity contribution in [3.8, 4) is 5.75 Å². The van der Waals surface area contributed by atoms with E-state index in [1.807, 2.05) is 7.05 Å². The van der Waals surface area contributed by atoms with Crippen LogP contribution in [0.15, 0.2) is 36.5 Å². The number of anilines is 3. The zero-order chi connectivity index (χ0) is 28.4. The Kier molecular flexibility index (Phi) is 7.61. The number of fused-ring (bicyclic) bond motifs is 3. The largest absolute Gasteiger partial charge is 0.573 e. The van der Waals surface area contributed by atoms with Gasteiger partial charge in [0.25, 0.3) is 0 Å². The molecule has 1 aliphatic heterocycles. The minimum absolute atomic E-state index is 0.0149. The predicted octanol–water partition coefficient (Wildman–Crippen LogP) is 4.52. The maximum atomic E-state index is 13.4. The van der Waals surface area contributed by atoms with Crippen molar-refractivity contribution in [3.05, 3.63) is 42.2 Å². The fourth-order valence-electron chi connectivity index (χ4n) is 4.62. The number of alkyl halides is 4. The summed E-state index contributed by atoms with van der Waals surface area (Å²) in [6, 6.07) is 7.72. The SMILES string of the molecule is CCOC(=O)c1nn(CCF)c2c1ccc1cnc(Nc3cc(N4CCN(C)CC4)ccc3OC(F)(F)F)nc12. The van der Waals surface area contributed by atoms with E-state index < -0.39 is 24.8 Å². The van der Waals surface area contributed by atoms with Gasteiger partial charge < -0.3 is 24.6 Å². The van der Waals surface area contributed by atoms with Gasteiger partial charge in [-0.3, -0.25) is 4.68 Å². The van der Waals surface area contributed by atoms with Gasteiger partial charge in [-0.1, -0.05) is 6.07 Å². The Morgan fingerprint density at radius 2 is 1.90 bits per heavy atom. The van der Waals surface area contributed by atoms with E-state index in [-0.39, 0.29) is 30.5 Å². The first-order chi connectivity index (χ1) is 19.2. The van der Waals surface area contributed by atoms with Crippen LogP contribution in [0.5, 0.6) is 5.75 Å². The van der Waals surface area contributed by atoms with Crippen LogP contribution < -0.4 is 15.0 Å². The Balaban J connectivity index is 1.57. The Hall–Kier alpha value is -4.20. The highest BCUT2D eigenvalue weighted by atomic mass is 19.4. The van der Waals surface area contributed by atoms with E-state index in [1.54, 1.807) is 31.2 Å². The maximum absolute atomic E-state index is 13.4. The molecule has 0 bridgehead atoms. The number of esters is 1. The van der Waals surface area contributed by atoms with Gasteiger partial charge in [0.1, 0.15) is 12.2 Å². The summed E-state index contributed by atoms with van der Waals surface area (Å²) in [7, 11) is 2.01. The van der Waals surface area contributed by atoms with Gasteiger partial charge in [0.05, 0.1) is 24.4 Å². The molecule has 0 saturated carbocycles. The number of carbonyl (C=O) groups excluding carboxylic acids is 1. The van der Waals surface area contributed by atoms with Crippen molar-refractivity contribution in [2.24, 2.45) is 0 Å². The number of halogens is 4. The first-order valence-corrected chi connectivity index (χ1v) is 12.7. The molecule has 0 radical (unpaired) electrons. The standard InChI is InChI=1S/C26H27F4N7O3/c1-3-39-24(38)22-18-6-4-16-15-31-25(33-21(16)23(18)37(34-22)9-8-27)32-19-14-17(36-12-10-35(2)11-13-36)5-7-20(19)40-26(28,29)30/h4-7,14-15H,3,8-13H2,1-2H3,(H,31,32,33). The molecule has 0 atom stereocenters. The number of hydrogen-bond acceptors (Lipinski definition) is 9. The first kappa shape index (κ1) is 27.4. The van der Waals surface area contributed by atoms with E-state index >= 15 is 0 Å². The van der Waals surface area contributed by atoms with E-state index in [0.29, 0.717) is 40.6 Å². The molecule has 1 fully saturated rings. The lowest BCUT2D eigenvalue weighted by Crippen LogP contribution is -2.44. The third-order valence-corrected chi connectivity index (χ3v) is 6.53. The zero-order valence-corrected chi connectivity index (χ0v) is 21.8. The van der Waals surface area contributed by atoms with Crippen LogP contribution in [0.1, 0.15) is 17.4 Å². The van der Waals surface area contributed by atoms with Gasteiger partial charge in [-0.05, 0) is 38.2 Å². The lowest BCUT2D eigenvalue weighted by atomic mass is 10.1. The summed E-state index contributed by atoms with van der Waals surface area (Å²) in [6.07, 6.45) is -3.43. The van der Waals surface area contributed by atoms with Crippen molar-refractivity contribution in [1.82, 2.24) is 24.6 Å². The molecule has 2 aromatic carbocycles. The molecule has 212 valence electrons. The molecule has 4 aromatic rings. The highest BCUT2D eigenvalue weighted by Crippen LogP contribution is 2.36. The summed E-state index contributed by atoms with van der Waals surface area (Å²) in [5, 5.41) is 8.08. The van der Waals surface area contributed by atoms with Crippen molar-refractivity contribution >= 4 is 45.1 Å². The molecule has 0 amide bonds. The quantitative estimate of drug-likeness (QED) is 0.246. The number of piperazine rings is 1. The average Bonchev–Trinajstić information content (AvgIpc) is 3.29. The smallest absolute Gasteiger partial charge is 0.461 e. The summed E-state index contributed by atoms with van der Waals surface area (Å²) in [6.45, 7) is 3.95. The van der Waals surface area contributed by atoms with Crippen molar-refractivity contribution < 1.29 is 31.8 Å². The average molecular weight is 562 g/mol. The second-order valence-corrected chi connectivity index (χ2v) is 9.22. The van der Waals surface area contributed by atoms with Gasteiger partial charge in [-0.2, -0.15) is 5.10 Å². The van der Waals surface area contributed by atoms with Crippen LogP contribution in [0.2, 0.25) is 0 Å². The highest BCUT2D eigenvalue weighted by Gasteiger charge is 2.32. The molecule has 3 heterocycles. The van der Waals surface area contributed by atoms with Gasteiger partial charge in [-0.15, -0.1) is 13.2 Å². The van der Waals surface area contributed by atoms with Crippen molar-refractivity contribution in [2.75, 3.05) is 56.7 Å². The Morgan fingerprint density at radius 1 is 1.12 bits per heavy atom. The molecule has 1 N–H and O–H groups in total. The molecule has 0 spiro atoms.